The molecule has 1 aromatic heterocycles. The number of aromatic nitrogens is 2. The lowest BCUT2D eigenvalue weighted by molar-refractivity contribution is -0.135. The summed E-state index contributed by atoms with van der Waals surface area (Å²) < 4.78 is 5.42. The highest BCUT2D eigenvalue weighted by Crippen LogP contribution is 2.27. The van der Waals surface area contributed by atoms with Crippen LogP contribution in [0.5, 0.6) is 0 Å². The number of likely N-dealkylation sites (tertiary alicyclic amines) is 1. The molecule has 0 N–H and O–H groups in total. The SMILES string of the molecule is O=C(C1CCN(c2nc(-c3cccc(Cl)c3)no2)CC1)N1CCCC1. The minimum atomic E-state index is 0.129. The van der Waals surface area contributed by atoms with Crippen molar-refractivity contribution in [3.05, 3.63) is 29.3 Å². The highest BCUT2D eigenvalue weighted by molar-refractivity contribution is 6.30. The Hall–Kier alpha value is -2.08. The van der Waals surface area contributed by atoms with Crippen LogP contribution in [0.25, 0.3) is 11.4 Å². The van der Waals surface area contributed by atoms with Crippen molar-refractivity contribution in [2.45, 2.75) is 25.7 Å². The number of hydrogen-bond donors (Lipinski definition) is 0. The third-order valence-electron chi connectivity index (χ3n) is 5.03. The molecule has 1 amide bonds. The van der Waals surface area contributed by atoms with Crippen molar-refractivity contribution < 1.29 is 9.32 Å². The molecular weight excluding hydrogens is 340 g/mol. The van der Waals surface area contributed by atoms with Gasteiger partial charge in [0.15, 0.2) is 0 Å². The molecule has 0 bridgehead atoms. The van der Waals surface area contributed by atoms with Gasteiger partial charge >= 0.3 is 6.01 Å². The van der Waals surface area contributed by atoms with E-state index in [2.05, 4.69) is 15.0 Å². The number of hydrogen-bond acceptors (Lipinski definition) is 5. The number of rotatable bonds is 3. The molecule has 1 aromatic carbocycles. The maximum absolute atomic E-state index is 12.5. The van der Waals surface area contributed by atoms with E-state index in [1.165, 1.54) is 0 Å². The fraction of sp³-hybridized carbons (Fsp3) is 0.500. The first-order chi connectivity index (χ1) is 12.2. The van der Waals surface area contributed by atoms with Crippen molar-refractivity contribution in [2.75, 3.05) is 31.1 Å². The van der Waals surface area contributed by atoms with Crippen LogP contribution in [0.2, 0.25) is 5.02 Å². The number of amides is 1. The highest BCUT2D eigenvalue weighted by Gasteiger charge is 2.31. The molecular formula is C18H21ClN4O2. The van der Waals surface area contributed by atoms with Crippen LogP contribution in [0, 0.1) is 5.92 Å². The zero-order chi connectivity index (χ0) is 17.2. The van der Waals surface area contributed by atoms with Crippen LogP contribution in [0.15, 0.2) is 28.8 Å². The zero-order valence-corrected chi connectivity index (χ0v) is 14.8. The quantitative estimate of drug-likeness (QED) is 0.840. The van der Waals surface area contributed by atoms with E-state index in [9.17, 15) is 4.79 Å². The van der Waals surface area contributed by atoms with Gasteiger partial charge in [0.2, 0.25) is 11.7 Å². The summed E-state index contributed by atoms with van der Waals surface area (Å²) in [5, 5.41) is 4.70. The molecule has 0 saturated carbocycles. The molecule has 7 heteroatoms. The van der Waals surface area contributed by atoms with Crippen LogP contribution >= 0.6 is 11.6 Å². The number of benzene rings is 1. The predicted molar refractivity (Wildman–Crippen MR) is 95.5 cm³/mol. The average molecular weight is 361 g/mol. The Kier molecular flexibility index (Phi) is 4.61. The molecule has 0 unspecified atom stereocenters. The third-order valence-corrected chi connectivity index (χ3v) is 5.27. The van der Waals surface area contributed by atoms with E-state index in [-0.39, 0.29) is 5.92 Å². The molecule has 2 aromatic rings. The molecule has 2 aliphatic heterocycles. The number of carbonyl (C=O) groups excluding carboxylic acids is 1. The minimum Gasteiger partial charge on any atom is -0.342 e. The van der Waals surface area contributed by atoms with Gasteiger partial charge in [-0.05, 0) is 37.8 Å². The van der Waals surface area contributed by atoms with E-state index >= 15 is 0 Å². The number of nitrogens with zero attached hydrogens (tertiary/aromatic N) is 4. The number of carbonyl (C=O) groups is 1. The van der Waals surface area contributed by atoms with Gasteiger partial charge in [-0.25, -0.2) is 0 Å². The van der Waals surface area contributed by atoms with E-state index in [1.54, 1.807) is 0 Å². The van der Waals surface area contributed by atoms with E-state index in [0.717, 1.165) is 57.4 Å². The first-order valence-electron chi connectivity index (χ1n) is 8.84. The summed E-state index contributed by atoms with van der Waals surface area (Å²) in [5.74, 6) is 0.986. The summed E-state index contributed by atoms with van der Waals surface area (Å²) >= 11 is 6.02. The average Bonchev–Trinajstić information content (AvgIpc) is 3.33. The molecule has 4 rings (SSSR count). The molecule has 2 fully saturated rings. The predicted octanol–water partition coefficient (Wildman–Crippen LogP) is 3.23. The summed E-state index contributed by atoms with van der Waals surface area (Å²) in [6, 6.07) is 7.91. The van der Waals surface area contributed by atoms with E-state index in [1.807, 2.05) is 29.2 Å². The lowest BCUT2D eigenvalue weighted by Crippen LogP contribution is -2.41. The van der Waals surface area contributed by atoms with Crippen LogP contribution in [-0.4, -0.2) is 47.1 Å². The summed E-state index contributed by atoms with van der Waals surface area (Å²) in [7, 11) is 0. The van der Waals surface area contributed by atoms with Gasteiger partial charge < -0.3 is 14.3 Å². The Morgan fingerprint density at radius 2 is 1.92 bits per heavy atom. The highest BCUT2D eigenvalue weighted by atomic mass is 35.5. The van der Waals surface area contributed by atoms with Crippen molar-refractivity contribution >= 4 is 23.5 Å². The van der Waals surface area contributed by atoms with Gasteiger partial charge in [0.05, 0.1) is 0 Å². The summed E-state index contributed by atoms with van der Waals surface area (Å²) in [6.07, 6.45) is 3.95. The largest absolute Gasteiger partial charge is 0.342 e. The van der Waals surface area contributed by atoms with Gasteiger partial charge in [-0.3, -0.25) is 4.79 Å². The van der Waals surface area contributed by atoms with Crippen LogP contribution in [0.3, 0.4) is 0 Å². The van der Waals surface area contributed by atoms with E-state index in [4.69, 9.17) is 16.1 Å². The maximum Gasteiger partial charge on any atom is 0.324 e. The smallest absolute Gasteiger partial charge is 0.324 e. The molecule has 0 spiro atoms. The van der Waals surface area contributed by atoms with Crippen molar-refractivity contribution in [1.29, 1.82) is 0 Å². The summed E-state index contributed by atoms with van der Waals surface area (Å²) in [6.45, 7) is 3.38. The van der Waals surface area contributed by atoms with Gasteiger partial charge in [0.1, 0.15) is 0 Å². The second-order valence-electron chi connectivity index (χ2n) is 6.70. The van der Waals surface area contributed by atoms with Crippen molar-refractivity contribution in [2.24, 2.45) is 5.92 Å². The van der Waals surface area contributed by atoms with Crippen molar-refractivity contribution in [3.63, 3.8) is 0 Å². The monoisotopic (exact) mass is 360 g/mol. The summed E-state index contributed by atoms with van der Waals surface area (Å²) in [4.78, 5) is 21.1. The molecule has 0 radical (unpaired) electrons. The molecule has 25 heavy (non-hydrogen) atoms. The topological polar surface area (TPSA) is 62.5 Å². The zero-order valence-electron chi connectivity index (χ0n) is 14.0. The van der Waals surface area contributed by atoms with Crippen molar-refractivity contribution in [3.8, 4) is 11.4 Å². The van der Waals surface area contributed by atoms with Crippen molar-refractivity contribution in [1.82, 2.24) is 15.0 Å². The van der Waals surface area contributed by atoms with Gasteiger partial charge in [-0.1, -0.05) is 28.9 Å². The van der Waals surface area contributed by atoms with Gasteiger partial charge in [-0.15, -0.1) is 0 Å². The number of halogens is 1. The summed E-state index contributed by atoms with van der Waals surface area (Å²) in [5.41, 5.74) is 0.835. The fourth-order valence-electron chi connectivity index (χ4n) is 3.60. The third kappa shape index (κ3) is 3.49. The molecule has 2 aliphatic rings. The lowest BCUT2D eigenvalue weighted by atomic mass is 9.95. The maximum atomic E-state index is 12.5. The molecule has 0 atom stereocenters. The van der Waals surface area contributed by atoms with Crippen LogP contribution in [0.1, 0.15) is 25.7 Å². The first-order valence-corrected chi connectivity index (χ1v) is 9.22. The van der Waals surface area contributed by atoms with Crippen LogP contribution in [0.4, 0.5) is 6.01 Å². The Labute approximate surface area is 151 Å². The Balaban J connectivity index is 1.39. The molecule has 3 heterocycles. The Bertz CT molecular complexity index is 749. The number of anilines is 1. The van der Waals surface area contributed by atoms with Crippen LogP contribution < -0.4 is 4.90 Å². The normalized spacial score (nSPS) is 18.8. The standard InChI is InChI=1S/C18H21ClN4O2/c19-15-5-3-4-14(12-15)16-20-18(25-21-16)23-10-6-13(7-11-23)17(24)22-8-1-2-9-22/h3-5,12-13H,1-2,6-11H2. The van der Waals surface area contributed by atoms with Gasteiger partial charge in [-0.2, -0.15) is 4.98 Å². The second kappa shape index (κ2) is 7.04. The molecule has 2 saturated heterocycles. The van der Waals surface area contributed by atoms with Gasteiger partial charge in [0, 0.05) is 42.7 Å². The molecule has 132 valence electrons. The fourth-order valence-corrected chi connectivity index (χ4v) is 3.79. The second-order valence-corrected chi connectivity index (χ2v) is 7.14. The number of piperidine rings is 1. The molecule has 6 nitrogen and oxygen atoms in total. The van der Waals surface area contributed by atoms with Crippen LogP contribution in [-0.2, 0) is 4.79 Å². The Morgan fingerprint density at radius 1 is 1.16 bits per heavy atom. The van der Waals surface area contributed by atoms with E-state index < -0.39 is 0 Å². The Morgan fingerprint density at radius 3 is 2.64 bits per heavy atom. The lowest BCUT2D eigenvalue weighted by Gasteiger charge is -2.31. The van der Waals surface area contributed by atoms with Gasteiger partial charge in [0.25, 0.3) is 0 Å². The minimum absolute atomic E-state index is 0.129. The molecule has 0 aliphatic carbocycles. The first kappa shape index (κ1) is 16.4. The van der Waals surface area contributed by atoms with E-state index in [0.29, 0.717) is 22.8 Å².